The number of hydrogen-bond acceptors (Lipinski definition) is 8. The van der Waals surface area contributed by atoms with Crippen molar-refractivity contribution in [3.05, 3.63) is 42.0 Å². The van der Waals surface area contributed by atoms with E-state index in [2.05, 4.69) is 24.5 Å². The lowest BCUT2D eigenvalue weighted by molar-refractivity contribution is 0.0867. The Kier molecular flexibility index (Phi) is 9.47. The first-order chi connectivity index (χ1) is 16.0. The van der Waals surface area contributed by atoms with Gasteiger partial charge < -0.3 is 39.4 Å². The Balaban J connectivity index is 1.48. The number of benzene rings is 2. The second-order valence-electron chi connectivity index (χ2n) is 8.26. The van der Waals surface area contributed by atoms with E-state index in [9.17, 15) is 5.11 Å². The summed E-state index contributed by atoms with van der Waals surface area (Å²) in [6, 6.07) is 11.7. The number of hydrogen-bond donors (Lipinski definition) is 3. The molecule has 0 fully saturated rings. The summed E-state index contributed by atoms with van der Waals surface area (Å²) in [7, 11) is 3.21. The van der Waals surface area contributed by atoms with Gasteiger partial charge in [0.1, 0.15) is 19.3 Å². The van der Waals surface area contributed by atoms with Crippen LogP contribution in [-0.4, -0.2) is 70.4 Å². The minimum atomic E-state index is -0.495. The quantitative estimate of drug-likeness (QED) is 0.393. The lowest BCUT2D eigenvalue weighted by Gasteiger charge is -2.29. The average Bonchev–Trinajstić information content (AvgIpc) is 2.82. The topological polar surface area (TPSA) is 90.4 Å². The molecule has 0 amide bonds. The third kappa shape index (κ3) is 7.15. The molecule has 1 aliphatic heterocycles. The highest BCUT2D eigenvalue weighted by molar-refractivity contribution is 5.51. The zero-order chi connectivity index (χ0) is 23.6. The van der Waals surface area contributed by atoms with Crippen LogP contribution in [0.1, 0.15) is 19.4 Å². The molecule has 2 aromatic rings. The highest BCUT2D eigenvalue weighted by Gasteiger charge is 2.24. The van der Waals surface area contributed by atoms with Crippen molar-refractivity contribution in [1.82, 2.24) is 10.6 Å². The molecule has 0 radical (unpaired) electrons. The first-order valence-electron chi connectivity index (χ1n) is 11.4. The maximum Gasteiger partial charge on any atom is 0.203 e. The van der Waals surface area contributed by atoms with Crippen molar-refractivity contribution in [1.29, 1.82) is 0 Å². The van der Waals surface area contributed by atoms with Gasteiger partial charge in [-0.1, -0.05) is 32.0 Å². The highest BCUT2D eigenvalue weighted by atomic mass is 16.6. The van der Waals surface area contributed by atoms with Crippen LogP contribution in [0.4, 0.5) is 0 Å². The summed E-state index contributed by atoms with van der Waals surface area (Å²) in [5.41, 5.74) is 0.946. The highest BCUT2D eigenvalue weighted by Crippen LogP contribution is 2.37. The van der Waals surface area contributed by atoms with E-state index in [1.807, 2.05) is 36.4 Å². The van der Waals surface area contributed by atoms with Crippen molar-refractivity contribution in [2.45, 2.75) is 38.5 Å². The average molecular weight is 461 g/mol. The van der Waals surface area contributed by atoms with Crippen LogP contribution in [0.5, 0.6) is 28.7 Å². The minimum absolute atomic E-state index is 0.134. The molecular formula is C25H36N2O6. The van der Waals surface area contributed by atoms with Crippen LogP contribution in [0.25, 0.3) is 0 Å². The van der Waals surface area contributed by atoms with Crippen LogP contribution in [0, 0.1) is 0 Å². The molecule has 3 N–H and O–H groups in total. The molecule has 182 valence electrons. The SMILES string of the molecule is COc1cccc(OC)c1OCCNCC1COc2cccc(CC(O)CNC(C)C)c2O1. The molecule has 0 saturated heterocycles. The predicted molar refractivity (Wildman–Crippen MR) is 127 cm³/mol. The first-order valence-corrected chi connectivity index (χ1v) is 11.4. The number of methoxy groups -OCH3 is 2. The fourth-order valence-electron chi connectivity index (χ4n) is 3.60. The zero-order valence-corrected chi connectivity index (χ0v) is 19.9. The van der Waals surface area contributed by atoms with Gasteiger partial charge in [0.2, 0.25) is 5.75 Å². The molecular weight excluding hydrogens is 424 g/mol. The third-order valence-corrected chi connectivity index (χ3v) is 5.27. The van der Waals surface area contributed by atoms with E-state index in [-0.39, 0.29) is 6.10 Å². The van der Waals surface area contributed by atoms with Crippen molar-refractivity contribution in [2.75, 3.05) is 47.1 Å². The smallest absolute Gasteiger partial charge is 0.203 e. The Morgan fingerprint density at radius 1 is 1.09 bits per heavy atom. The van der Waals surface area contributed by atoms with Crippen molar-refractivity contribution in [3.63, 3.8) is 0 Å². The van der Waals surface area contributed by atoms with E-state index in [1.165, 1.54) is 0 Å². The third-order valence-electron chi connectivity index (χ3n) is 5.27. The van der Waals surface area contributed by atoms with Crippen molar-refractivity contribution in [2.24, 2.45) is 0 Å². The Labute approximate surface area is 196 Å². The molecule has 33 heavy (non-hydrogen) atoms. The van der Waals surface area contributed by atoms with Crippen LogP contribution >= 0.6 is 0 Å². The van der Waals surface area contributed by atoms with Crippen molar-refractivity contribution < 1.29 is 28.8 Å². The zero-order valence-electron chi connectivity index (χ0n) is 19.9. The summed E-state index contributed by atoms with van der Waals surface area (Å²) < 4.78 is 28.7. The van der Waals surface area contributed by atoms with E-state index < -0.39 is 6.10 Å². The second-order valence-corrected chi connectivity index (χ2v) is 8.26. The Morgan fingerprint density at radius 2 is 1.82 bits per heavy atom. The molecule has 3 rings (SSSR count). The molecule has 1 heterocycles. The van der Waals surface area contributed by atoms with E-state index in [0.717, 1.165) is 11.3 Å². The maximum absolute atomic E-state index is 10.4. The molecule has 0 aromatic heterocycles. The van der Waals surface area contributed by atoms with Crippen LogP contribution < -0.4 is 34.3 Å². The Bertz CT molecular complexity index is 854. The lowest BCUT2D eigenvalue weighted by atomic mass is 10.1. The van der Waals surface area contributed by atoms with Crippen molar-refractivity contribution in [3.8, 4) is 28.7 Å². The van der Waals surface area contributed by atoms with Crippen molar-refractivity contribution >= 4 is 0 Å². The fourth-order valence-corrected chi connectivity index (χ4v) is 3.60. The lowest BCUT2D eigenvalue weighted by Crippen LogP contribution is -2.40. The molecule has 0 aliphatic carbocycles. The van der Waals surface area contributed by atoms with Crippen LogP contribution in [0.2, 0.25) is 0 Å². The van der Waals surface area contributed by atoms with Gasteiger partial charge >= 0.3 is 0 Å². The second kappa shape index (κ2) is 12.5. The molecule has 2 atom stereocenters. The normalized spacial score (nSPS) is 15.9. The monoisotopic (exact) mass is 460 g/mol. The van der Waals surface area contributed by atoms with Crippen LogP contribution in [0.3, 0.4) is 0 Å². The van der Waals surface area contributed by atoms with Gasteiger partial charge in [-0.25, -0.2) is 0 Å². The summed E-state index contributed by atoms with van der Waals surface area (Å²) in [6.45, 7) is 6.79. The van der Waals surface area contributed by atoms with E-state index in [0.29, 0.717) is 68.3 Å². The van der Waals surface area contributed by atoms with Crippen LogP contribution in [0.15, 0.2) is 36.4 Å². The van der Waals surface area contributed by atoms with Gasteiger partial charge in [0.15, 0.2) is 23.0 Å². The summed E-state index contributed by atoms with van der Waals surface area (Å²) >= 11 is 0. The minimum Gasteiger partial charge on any atom is -0.493 e. The van der Waals surface area contributed by atoms with Crippen LogP contribution in [-0.2, 0) is 6.42 Å². The van der Waals surface area contributed by atoms with Gasteiger partial charge in [0, 0.05) is 37.7 Å². The first kappa shape index (κ1) is 25.0. The van der Waals surface area contributed by atoms with Gasteiger partial charge in [-0.05, 0) is 18.2 Å². The molecule has 2 unspecified atom stereocenters. The summed E-state index contributed by atoms with van der Waals surface area (Å²) in [5, 5.41) is 17.0. The Morgan fingerprint density at radius 3 is 2.52 bits per heavy atom. The Hall–Kier alpha value is -2.68. The van der Waals surface area contributed by atoms with Gasteiger partial charge in [0.05, 0.1) is 20.3 Å². The molecule has 1 aliphatic rings. The van der Waals surface area contributed by atoms with Gasteiger partial charge in [0.25, 0.3) is 0 Å². The molecule has 8 heteroatoms. The number of nitrogens with one attached hydrogen (secondary N) is 2. The van der Waals surface area contributed by atoms with Gasteiger partial charge in [-0.3, -0.25) is 0 Å². The predicted octanol–water partition coefficient (Wildman–Crippen LogP) is 2.41. The van der Waals surface area contributed by atoms with E-state index >= 15 is 0 Å². The summed E-state index contributed by atoms with van der Waals surface area (Å²) in [6.07, 6.45) is -0.128. The maximum atomic E-state index is 10.4. The molecule has 0 spiro atoms. The number of para-hydroxylation sites is 2. The number of aliphatic hydroxyl groups excluding tert-OH is 1. The number of aliphatic hydroxyl groups is 1. The molecule has 2 aromatic carbocycles. The molecule has 0 bridgehead atoms. The number of fused-ring (bicyclic) bond motifs is 1. The molecule has 0 saturated carbocycles. The number of rotatable bonds is 13. The number of ether oxygens (including phenoxy) is 5. The summed E-state index contributed by atoms with van der Waals surface area (Å²) in [5.74, 6) is 3.29. The van der Waals surface area contributed by atoms with E-state index in [4.69, 9.17) is 23.7 Å². The molecule has 8 nitrogen and oxygen atoms in total. The van der Waals surface area contributed by atoms with E-state index in [1.54, 1.807) is 14.2 Å². The van der Waals surface area contributed by atoms with Gasteiger partial charge in [-0.2, -0.15) is 0 Å². The summed E-state index contributed by atoms with van der Waals surface area (Å²) in [4.78, 5) is 0. The fraction of sp³-hybridized carbons (Fsp3) is 0.520. The standard InChI is InChI=1S/C25H36N2O6/c1-17(2)27-14-19(28)13-18-7-5-10-23-24(18)33-20(16-32-23)15-26-11-12-31-25-21(29-3)8-6-9-22(25)30-4/h5-10,17,19-20,26-28H,11-16H2,1-4H3. The largest absolute Gasteiger partial charge is 0.493 e. The van der Waals surface area contributed by atoms with Gasteiger partial charge in [-0.15, -0.1) is 0 Å².